The van der Waals surface area contributed by atoms with Gasteiger partial charge >= 0.3 is 11.9 Å². The molecule has 0 aliphatic rings. The molecule has 9 nitrogen and oxygen atoms in total. The van der Waals surface area contributed by atoms with Crippen molar-refractivity contribution in [3.8, 4) is 0 Å². The van der Waals surface area contributed by atoms with Gasteiger partial charge in [0, 0.05) is 12.8 Å². The zero-order chi connectivity index (χ0) is 57.7. The predicted molar refractivity (Wildman–Crippen MR) is 337 cm³/mol. The number of nitrogens with zero attached hydrogens (tertiary/aromatic N) is 1. The quantitative estimate of drug-likeness (QED) is 0.0195. The topological polar surface area (TPSA) is 111 Å². The van der Waals surface area contributed by atoms with Crippen molar-refractivity contribution < 1.29 is 42.1 Å². The van der Waals surface area contributed by atoms with Crippen LogP contribution in [0, 0.1) is 0 Å². The van der Waals surface area contributed by atoms with E-state index < -0.39 is 32.5 Å². The molecule has 0 heterocycles. The van der Waals surface area contributed by atoms with Gasteiger partial charge in [0.2, 0.25) is 0 Å². The third-order valence-electron chi connectivity index (χ3n) is 12.6. The van der Waals surface area contributed by atoms with Crippen LogP contribution in [0.3, 0.4) is 0 Å². The zero-order valence-electron chi connectivity index (χ0n) is 50.8. The first-order chi connectivity index (χ1) is 38.5. The fraction of sp³-hybridized carbons (Fsp3) is 0.623. The number of ether oxygens (including phenoxy) is 2. The van der Waals surface area contributed by atoms with Gasteiger partial charge < -0.3 is 27.9 Å². The van der Waals surface area contributed by atoms with Crippen LogP contribution in [0.5, 0.6) is 0 Å². The number of hydrogen-bond donors (Lipinski definition) is 0. The van der Waals surface area contributed by atoms with Crippen LogP contribution in [-0.2, 0) is 32.7 Å². The molecule has 0 aromatic heterocycles. The summed E-state index contributed by atoms with van der Waals surface area (Å²) in [5, 5.41) is 0. The van der Waals surface area contributed by atoms with Crippen LogP contribution >= 0.6 is 7.82 Å². The molecule has 0 aromatic rings. The highest BCUT2D eigenvalue weighted by Crippen LogP contribution is 2.38. The van der Waals surface area contributed by atoms with E-state index in [-0.39, 0.29) is 26.1 Å². The third kappa shape index (κ3) is 62.9. The molecule has 0 saturated carbocycles. The number of esters is 2. The van der Waals surface area contributed by atoms with E-state index in [4.69, 9.17) is 18.5 Å². The summed E-state index contributed by atoms with van der Waals surface area (Å²) in [6.07, 6.45) is 86.2. The molecule has 0 radical (unpaired) electrons. The lowest BCUT2D eigenvalue weighted by atomic mass is 10.1. The van der Waals surface area contributed by atoms with Crippen LogP contribution in [0.2, 0.25) is 0 Å². The summed E-state index contributed by atoms with van der Waals surface area (Å²) in [7, 11) is 1.12. The molecule has 0 amide bonds. The number of unbranched alkanes of at least 4 members (excludes halogenated alkanes) is 17. The number of carbonyl (C=O) groups excluding carboxylic acids is 2. The number of quaternary nitrogens is 1. The van der Waals surface area contributed by atoms with Gasteiger partial charge in [-0.15, -0.1) is 0 Å². The second-order valence-electron chi connectivity index (χ2n) is 21.3. The number of allylic oxidation sites excluding steroid dienone is 24. The Labute approximate surface area is 484 Å². The molecule has 0 aliphatic heterocycles. The molecular weight excluding hydrogens is 1000 g/mol. The zero-order valence-corrected chi connectivity index (χ0v) is 51.7. The highest BCUT2D eigenvalue weighted by molar-refractivity contribution is 7.45. The van der Waals surface area contributed by atoms with Gasteiger partial charge in [-0.2, -0.15) is 0 Å². The SMILES string of the molecule is CC/C=C\C/C=C\C/C=C\C/C=C\C/C=C\C/C=C\C/C=C\C/C=C\C/C=C\C/C=C\C/C=C\CCCCCC(=O)OC(COC(=O)CCCCCCCCC/C=C\CCCCCCCCC)COP(=O)([O-])OCC[N+](C)(C)C. The van der Waals surface area contributed by atoms with Gasteiger partial charge in [0.25, 0.3) is 7.82 Å². The average molecular weight is 1120 g/mol. The summed E-state index contributed by atoms with van der Waals surface area (Å²) in [6, 6.07) is 0. The van der Waals surface area contributed by atoms with Crippen molar-refractivity contribution in [2.24, 2.45) is 0 Å². The second kappa shape index (κ2) is 58.5. The van der Waals surface area contributed by atoms with Crippen LogP contribution in [0.4, 0.5) is 0 Å². The molecule has 0 saturated heterocycles. The van der Waals surface area contributed by atoms with Crippen LogP contribution < -0.4 is 4.89 Å². The second-order valence-corrected chi connectivity index (χ2v) is 22.7. The van der Waals surface area contributed by atoms with E-state index in [0.29, 0.717) is 23.9 Å². The number of rotatable bonds is 55. The maximum Gasteiger partial charge on any atom is 0.306 e. The molecule has 0 spiro atoms. The number of phosphoric acid groups is 1. The summed E-state index contributed by atoms with van der Waals surface area (Å²) < 4.78 is 34.1. The summed E-state index contributed by atoms with van der Waals surface area (Å²) >= 11 is 0. The average Bonchev–Trinajstić information content (AvgIpc) is 3.41. The lowest BCUT2D eigenvalue weighted by Crippen LogP contribution is -2.37. The predicted octanol–water partition coefficient (Wildman–Crippen LogP) is 19.2. The minimum Gasteiger partial charge on any atom is -0.756 e. The largest absolute Gasteiger partial charge is 0.756 e. The lowest BCUT2D eigenvalue weighted by molar-refractivity contribution is -0.870. The Kier molecular flexibility index (Phi) is 55.5. The molecule has 0 rings (SSSR count). The third-order valence-corrected chi connectivity index (χ3v) is 13.6. The Morgan fingerprint density at radius 1 is 0.405 bits per heavy atom. The van der Waals surface area contributed by atoms with Gasteiger partial charge in [-0.1, -0.05) is 237 Å². The Balaban J connectivity index is 4.25. The molecular formula is C69H114NO8P. The van der Waals surface area contributed by atoms with E-state index in [1.54, 1.807) is 0 Å². The number of phosphoric ester groups is 1. The van der Waals surface area contributed by atoms with E-state index >= 15 is 0 Å². The van der Waals surface area contributed by atoms with Crippen molar-refractivity contribution in [1.82, 2.24) is 0 Å². The van der Waals surface area contributed by atoms with Crippen LogP contribution in [0.25, 0.3) is 0 Å². The molecule has 0 fully saturated rings. The minimum atomic E-state index is -4.66. The van der Waals surface area contributed by atoms with Gasteiger partial charge in [0.1, 0.15) is 19.8 Å². The molecule has 2 atom stereocenters. The van der Waals surface area contributed by atoms with Crippen LogP contribution in [0.15, 0.2) is 146 Å². The van der Waals surface area contributed by atoms with Gasteiger partial charge in [-0.05, 0) is 122 Å². The van der Waals surface area contributed by atoms with E-state index in [1.807, 2.05) is 21.1 Å². The maximum atomic E-state index is 12.8. The summed E-state index contributed by atoms with van der Waals surface area (Å²) in [5.41, 5.74) is 0. The van der Waals surface area contributed by atoms with Gasteiger partial charge in [0.15, 0.2) is 6.10 Å². The van der Waals surface area contributed by atoms with Crippen molar-refractivity contribution in [2.45, 2.75) is 232 Å². The first kappa shape index (κ1) is 74.9. The fourth-order valence-corrected chi connectivity index (χ4v) is 8.56. The molecule has 0 aromatic carbocycles. The summed E-state index contributed by atoms with van der Waals surface area (Å²) in [5.74, 6) is -0.886. The molecule has 0 N–H and O–H groups in total. The van der Waals surface area contributed by atoms with Gasteiger partial charge in [0.05, 0.1) is 27.7 Å². The highest BCUT2D eigenvalue weighted by atomic mass is 31.2. The van der Waals surface area contributed by atoms with E-state index in [1.165, 1.54) is 70.6 Å². The summed E-state index contributed by atoms with van der Waals surface area (Å²) in [6.45, 7) is 4.06. The van der Waals surface area contributed by atoms with Crippen molar-refractivity contribution in [3.05, 3.63) is 146 Å². The molecule has 79 heavy (non-hydrogen) atoms. The molecule has 10 heteroatoms. The Hall–Kier alpha value is -4.11. The first-order valence-corrected chi connectivity index (χ1v) is 32.5. The maximum absolute atomic E-state index is 12.8. The van der Waals surface area contributed by atoms with E-state index in [0.717, 1.165) is 116 Å². The van der Waals surface area contributed by atoms with Crippen LogP contribution in [0.1, 0.15) is 226 Å². The molecule has 0 aliphatic carbocycles. The standard InChI is InChI=1S/C69H114NO8P/c1-6-8-10-12-14-16-18-20-22-24-26-27-28-29-30-31-32-33-34-35-36-37-38-39-40-41-42-43-44-46-48-50-52-54-56-58-60-62-69(72)78-67(66-77-79(73,74)76-64-63-70(3,4)5)65-75-68(71)61-59-57-55-53-51-49-47-45-25-23-21-19-17-15-13-11-9-7-2/h8,10,14,16,20,22-23,25-27,29-30,32-33,35-36,38-39,41-42,44,46,50,52,67H,6-7,9,11-13,15,17-19,21,24,28,31,34,37,40,43,45,47-49,51,53-66H2,1-5H3/b10-8-,16-14-,22-20-,25-23-,27-26-,30-29-,33-32-,36-35-,39-38-,42-41-,46-44-,52-50-. The normalized spacial score (nSPS) is 14.3. The van der Waals surface area contributed by atoms with E-state index in [9.17, 15) is 19.0 Å². The number of hydrogen-bond acceptors (Lipinski definition) is 8. The van der Waals surface area contributed by atoms with Crippen molar-refractivity contribution in [2.75, 3.05) is 47.5 Å². The first-order valence-electron chi connectivity index (χ1n) is 31.0. The molecule has 2 unspecified atom stereocenters. The highest BCUT2D eigenvalue weighted by Gasteiger charge is 2.21. The van der Waals surface area contributed by atoms with Crippen LogP contribution in [-0.4, -0.2) is 70.0 Å². The molecule has 0 bridgehead atoms. The smallest absolute Gasteiger partial charge is 0.306 e. The Morgan fingerprint density at radius 2 is 0.722 bits per heavy atom. The number of carbonyl (C=O) groups is 2. The van der Waals surface area contributed by atoms with Gasteiger partial charge in [-0.3, -0.25) is 14.2 Å². The lowest BCUT2D eigenvalue weighted by Gasteiger charge is -2.28. The van der Waals surface area contributed by atoms with Gasteiger partial charge in [-0.25, -0.2) is 0 Å². The van der Waals surface area contributed by atoms with Crippen molar-refractivity contribution in [3.63, 3.8) is 0 Å². The van der Waals surface area contributed by atoms with Crippen molar-refractivity contribution >= 4 is 19.8 Å². The van der Waals surface area contributed by atoms with Crippen molar-refractivity contribution in [1.29, 1.82) is 0 Å². The van der Waals surface area contributed by atoms with E-state index in [2.05, 4.69) is 160 Å². The molecule has 448 valence electrons. The summed E-state index contributed by atoms with van der Waals surface area (Å²) in [4.78, 5) is 37.9. The number of likely N-dealkylation sites (N-methyl/N-ethyl adjacent to an activating group) is 1. The Bertz CT molecular complexity index is 1840. The monoisotopic (exact) mass is 1120 g/mol. The minimum absolute atomic E-state index is 0.0459. The Morgan fingerprint density at radius 3 is 1.10 bits per heavy atom. The fourth-order valence-electron chi connectivity index (χ4n) is 7.83.